The molecule has 1 aliphatic rings. The van der Waals surface area contributed by atoms with Gasteiger partial charge < -0.3 is 15.0 Å². The molecule has 1 aliphatic heterocycles. The average molecular weight is 380 g/mol. The lowest BCUT2D eigenvalue weighted by Gasteiger charge is -2.32. The summed E-state index contributed by atoms with van der Waals surface area (Å²) in [6.07, 6.45) is 3.65. The van der Waals surface area contributed by atoms with E-state index < -0.39 is 0 Å². The lowest BCUT2D eigenvalue weighted by Crippen LogP contribution is -2.46. The normalized spacial score (nSPS) is 14.5. The third kappa shape index (κ3) is 5.35. The van der Waals surface area contributed by atoms with Crippen molar-refractivity contribution in [3.8, 4) is 5.75 Å². The maximum Gasteiger partial charge on any atom is 0.253 e. The minimum atomic E-state index is -0.0518. The van der Waals surface area contributed by atoms with Crippen LogP contribution in [-0.4, -0.2) is 42.5 Å². The summed E-state index contributed by atoms with van der Waals surface area (Å²) in [4.78, 5) is 26.9. The van der Waals surface area contributed by atoms with Gasteiger partial charge in [-0.2, -0.15) is 0 Å². The zero-order valence-electron chi connectivity index (χ0n) is 16.4. The van der Waals surface area contributed by atoms with Gasteiger partial charge in [0.15, 0.2) is 0 Å². The second-order valence-electron chi connectivity index (χ2n) is 7.13. The molecule has 1 heterocycles. The van der Waals surface area contributed by atoms with Crippen LogP contribution in [0.25, 0.3) is 0 Å². The van der Waals surface area contributed by atoms with E-state index in [9.17, 15) is 9.59 Å². The molecule has 0 bridgehead atoms. The van der Waals surface area contributed by atoms with Crippen molar-refractivity contribution in [3.05, 3.63) is 65.7 Å². The summed E-state index contributed by atoms with van der Waals surface area (Å²) >= 11 is 0. The number of piperidine rings is 1. The number of carbonyl (C=O) groups is 2. The van der Waals surface area contributed by atoms with Gasteiger partial charge in [0.25, 0.3) is 11.8 Å². The molecule has 2 aromatic carbocycles. The van der Waals surface area contributed by atoms with E-state index in [4.69, 9.17) is 4.74 Å². The van der Waals surface area contributed by atoms with E-state index in [2.05, 4.69) is 12.2 Å². The van der Waals surface area contributed by atoms with Gasteiger partial charge in [-0.15, -0.1) is 0 Å². The van der Waals surface area contributed by atoms with Crippen molar-refractivity contribution >= 4 is 11.8 Å². The Kier molecular flexibility index (Phi) is 7.06. The summed E-state index contributed by atoms with van der Waals surface area (Å²) in [7, 11) is 0. The Balaban J connectivity index is 1.47. The minimum absolute atomic E-state index is 0.0351. The summed E-state index contributed by atoms with van der Waals surface area (Å²) in [5.41, 5.74) is 1.34. The fourth-order valence-electron chi connectivity index (χ4n) is 3.30. The van der Waals surface area contributed by atoms with Crippen molar-refractivity contribution in [3.63, 3.8) is 0 Å². The maximum absolute atomic E-state index is 12.7. The van der Waals surface area contributed by atoms with Crippen LogP contribution in [0.2, 0.25) is 0 Å². The van der Waals surface area contributed by atoms with Crippen molar-refractivity contribution < 1.29 is 14.3 Å². The number of ether oxygens (including phenoxy) is 1. The summed E-state index contributed by atoms with van der Waals surface area (Å²) in [5, 5.41) is 3.07. The fourth-order valence-corrected chi connectivity index (χ4v) is 3.30. The number of carbonyl (C=O) groups excluding carboxylic acids is 2. The van der Waals surface area contributed by atoms with Crippen LogP contribution in [0.1, 0.15) is 53.3 Å². The number of nitrogens with one attached hydrogen (secondary N) is 1. The molecule has 0 spiro atoms. The van der Waals surface area contributed by atoms with Crippen molar-refractivity contribution in [1.29, 1.82) is 0 Å². The van der Waals surface area contributed by atoms with E-state index in [1.54, 1.807) is 0 Å². The molecule has 1 N–H and O–H groups in total. The monoisotopic (exact) mass is 380 g/mol. The Labute approximate surface area is 166 Å². The standard InChI is InChI=1S/C23H28N2O3/c1-2-3-17-28-21-11-9-19(10-12-21)23(27)25-15-13-20(14-16-25)24-22(26)18-7-5-4-6-8-18/h4-12,20H,2-3,13-17H2,1H3,(H,24,26). The van der Waals surface area contributed by atoms with Gasteiger partial charge in [0, 0.05) is 30.3 Å². The molecule has 148 valence electrons. The summed E-state index contributed by atoms with van der Waals surface area (Å²) in [6, 6.07) is 16.7. The number of likely N-dealkylation sites (tertiary alicyclic amines) is 1. The highest BCUT2D eigenvalue weighted by Crippen LogP contribution is 2.18. The summed E-state index contributed by atoms with van der Waals surface area (Å²) in [5.74, 6) is 0.782. The number of amides is 2. The Hall–Kier alpha value is -2.82. The van der Waals surface area contributed by atoms with E-state index in [0.717, 1.165) is 31.4 Å². The molecule has 0 saturated carbocycles. The number of hydrogen-bond acceptors (Lipinski definition) is 3. The zero-order chi connectivity index (χ0) is 19.8. The molecule has 1 saturated heterocycles. The van der Waals surface area contributed by atoms with Crippen LogP contribution in [0, 0.1) is 0 Å². The van der Waals surface area contributed by atoms with E-state index >= 15 is 0 Å². The fraction of sp³-hybridized carbons (Fsp3) is 0.391. The zero-order valence-corrected chi connectivity index (χ0v) is 16.4. The lowest BCUT2D eigenvalue weighted by atomic mass is 10.0. The van der Waals surface area contributed by atoms with E-state index in [-0.39, 0.29) is 17.9 Å². The van der Waals surface area contributed by atoms with Crippen LogP contribution in [0.5, 0.6) is 5.75 Å². The van der Waals surface area contributed by atoms with E-state index in [0.29, 0.717) is 30.8 Å². The highest BCUT2D eigenvalue weighted by molar-refractivity contribution is 5.95. The second kappa shape index (κ2) is 9.93. The third-order valence-electron chi connectivity index (χ3n) is 5.02. The minimum Gasteiger partial charge on any atom is -0.494 e. The molecule has 0 aliphatic carbocycles. The van der Waals surface area contributed by atoms with Gasteiger partial charge in [0.2, 0.25) is 0 Å². The number of unbranched alkanes of at least 4 members (excludes halogenated alkanes) is 1. The van der Waals surface area contributed by atoms with E-state index in [1.807, 2.05) is 59.5 Å². The quantitative estimate of drug-likeness (QED) is 0.741. The van der Waals surface area contributed by atoms with Crippen molar-refractivity contribution in [2.24, 2.45) is 0 Å². The molecule has 0 atom stereocenters. The number of hydrogen-bond donors (Lipinski definition) is 1. The highest BCUT2D eigenvalue weighted by Gasteiger charge is 2.24. The molecule has 28 heavy (non-hydrogen) atoms. The molecule has 2 aromatic rings. The van der Waals surface area contributed by atoms with Crippen molar-refractivity contribution in [1.82, 2.24) is 10.2 Å². The molecular formula is C23H28N2O3. The van der Waals surface area contributed by atoms with Crippen LogP contribution in [-0.2, 0) is 0 Å². The third-order valence-corrected chi connectivity index (χ3v) is 5.02. The first-order valence-corrected chi connectivity index (χ1v) is 10.1. The second-order valence-corrected chi connectivity index (χ2v) is 7.13. The molecule has 0 aromatic heterocycles. The topological polar surface area (TPSA) is 58.6 Å². The van der Waals surface area contributed by atoms with Gasteiger partial charge in [0.05, 0.1) is 6.61 Å². The number of benzene rings is 2. The van der Waals surface area contributed by atoms with Crippen LogP contribution in [0.15, 0.2) is 54.6 Å². The maximum atomic E-state index is 12.7. The van der Waals surface area contributed by atoms with Gasteiger partial charge in [-0.05, 0) is 55.7 Å². The van der Waals surface area contributed by atoms with E-state index in [1.165, 1.54) is 0 Å². The van der Waals surface area contributed by atoms with Gasteiger partial charge in [-0.25, -0.2) is 0 Å². The van der Waals surface area contributed by atoms with Crippen molar-refractivity contribution in [2.45, 2.75) is 38.6 Å². The first-order chi connectivity index (χ1) is 13.7. The average Bonchev–Trinajstić information content (AvgIpc) is 2.75. The molecule has 0 unspecified atom stereocenters. The van der Waals surface area contributed by atoms with Gasteiger partial charge in [0.1, 0.15) is 5.75 Å². The Bertz CT molecular complexity index is 766. The molecule has 2 amide bonds. The SMILES string of the molecule is CCCCOc1ccc(C(=O)N2CCC(NC(=O)c3ccccc3)CC2)cc1. The molecule has 0 radical (unpaired) electrons. The summed E-state index contributed by atoms with van der Waals surface area (Å²) < 4.78 is 5.65. The lowest BCUT2D eigenvalue weighted by molar-refractivity contribution is 0.0698. The van der Waals surface area contributed by atoms with Crippen LogP contribution < -0.4 is 10.1 Å². The first-order valence-electron chi connectivity index (χ1n) is 10.1. The van der Waals surface area contributed by atoms with Gasteiger partial charge >= 0.3 is 0 Å². The van der Waals surface area contributed by atoms with Crippen molar-refractivity contribution in [2.75, 3.05) is 19.7 Å². The Morgan fingerprint density at radius 3 is 2.32 bits per heavy atom. The summed E-state index contributed by atoms with van der Waals surface area (Å²) in [6.45, 7) is 4.12. The van der Waals surface area contributed by atoms with Crippen LogP contribution >= 0.6 is 0 Å². The Morgan fingerprint density at radius 1 is 1.00 bits per heavy atom. The molecule has 5 heteroatoms. The molecule has 5 nitrogen and oxygen atoms in total. The largest absolute Gasteiger partial charge is 0.494 e. The highest BCUT2D eigenvalue weighted by atomic mass is 16.5. The van der Waals surface area contributed by atoms with Crippen LogP contribution in [0.4, 0.5) is 0 Å². The number of rotatable bonds is 7. The molecule has 3 rings (SSSR count). The predicted molar refractivity (Wildman–Crippen MR) is 110 cm³/mol. The molecule has 1 fully saturated rings. The number of nitrogens with zero attached hydrogens (tertiary/aromatic N) is 1. The molecular weight excluding hydrogens is 352 g/mol. The van der Waals surface area contributed by atoms with Gasteiger partial charge in [-0.1, -0.05) is 31.5 Å². The smallest absolute Gasteiger partial charge is 0.253 e. The predicted octanol–water partition coefficient (Wildman–Crippen LogP) is 3.90. The van der Waals surface area contributed by atoms with Crippen LogP contribution in [0.3, 0.4) is 0 Å². The first kappa shape index (κ1) is 19.9. The Morgan fingerprint density at radius 2 is 1.68 bits per heavy atom. The van der Waals surface area contributed by atoms with Gasteiger partial charge in [-0.3, -0.25) is 9.59 Å².